The second-order valence-electron chi connectivity index (χ2n) is 7.80. The Balaban J connectivity index is 1.91. The minimum atomic E-state index is -0.615. The molecule has 5 rings (SSSR count). The number of aliphatic imine (C=N–C) groups is 1. The van der Waals surface area contributed by atoms with E-state index >= 15 is 0 Å². The number of rotatable bonds is 4. The van der Waals surface area contributed by atoms with Gasteiger partial charge in [0.2, 0.25) is 0 Å². The predicted molar refractivity (Wildman–Crippen MR) is 129 cm³/mol. The summed E-state index contributed by atoms with van der Waals surface area (Å²) in [4.78, 5) is 16.9. The zero-order valence-corrected chi connectivity index (χ0v) is 18.3. The standard InChI is InChI=1S/C25H19F2N7/c1-13-9-15(5-7-30-13)16-10-17(25(29)32-12-28)23-21(11-16)34(14(2)33-23)20-6-8-31-24-19(27)4-3-18(26)22(20)24/h3-12H,1-2H3,(H3,28,29,32). The van der Waals surface area contributed by atoms with E-state index in [1.807, 2.05) is 31.2 Å². The van der Waals surface area contributed by atoms with Crippen LogP contribution in [0.4, 0.5) is 8.78 Å². The van der Waals surface area contributed by atoms with Crippen LogP contribution in [-0.2, 0) is 0 Å². The lowest BCUT2D eigenvalue weighted by molar-refractivity contribution is 0.615. The molecule has 0 bridgehead atoms. The van der Waals surface area contributed by atoms with E-state index < -0.39 is 11.6 Å². The maximum atomic E-state index is 14.9. The van der Waals surface area contributed by atoms with Gasteiger partial charge in [0.25, 0.3) is 0 Å². The summed E-state index contributed by atoms with van der Waals surface area (Å²) in [5.74, 6) is -0.546. The summed E-state index contributed by atoms with van der Waals surface area (Å²) >= 11 is 0. The average Bonchev–Trinajstić information content (AvgIpc) is 3.16. The first-order valence-corrected chi connectivity index (χ1v) is 10.4. The third-order valence-electron chi connectivity index (χ3n) is 5.65. The molecular weight excluding hydrogens is 436 g/mol. The molecule has 0 fully saturated rings. The monoisotopic (exact) mass is 455 g/mol. The van der Waals surface area contributed by atoms with Crippen molar-refractivity contribution in [2.75, 3.05) is 0 Å². The molecule has 0 saturated heterocycles. The molecule has 3 heterocycles. The van der Waals surface area contributed by atoms with Crippen LogP contribution in [0.3, 0.4) is 0 Å². The van der Waals surface area contributed by atoms with Crippen molar-refractivity contribution < 1.29 is 8.78 Å². The van der Waals surface area contributed by atoms with Gasteiger partial charge in [-0.25, -0.2) is 18.8 Å². The number of nitrogens with zero attached hydrogens (tertiary/aromatic N) is 5. The number of hydrogen-bond donors (Lipinski definition) is 2. The molecule has 3 aromatic heterocycles. The fourth-order valence-corrected chi connectivity index (χ4v) is 4.19. The van der Waals surface area contributed by atoms with E-state index in [2.05, 4.69) is 19.9 Å². The Labute approximate surface area is 193 Å². The van der Waals surface area contributed by atoms with Gasteiger partial charge in [-0.05, 0) is 67.4 Å². The van der Waals surface area contributed by atoms with Crippen LogP contribution in [0.15, 0.2) is 59.9 Å². The highest BCUT2D eigenvalue weighted by Gasteiger charge is 2.20. The van der Waals surface area contributed by atoms with Gasteiger partial charge in [-0.15, -0.1) is 0 Å². The first kappa shape index (κ1) is 21.3. The van der Waals surface area contributed by atoms with Crippen molar-refractivity contribution in [3.05, 3.63) is 83.6 Å². The Morgan fingerprint density at radius 1 is 0.971 bits per heavy atom. The summed E-state index contributed by atoms with van der Waals surface area (Å²) in [6.07, 6.45) is 4.01. The number of benzene rings is 2. The van der Waals surface area contributed by atoms with Crippen molar-refractivity contribution in [1.29, 1.82) is 5.41 Å². The van der Waals surface area contributed by atoms with Gasteiger partial charge in [-0.3, -0.25) is 19.9 Å². The second-order valence-corrected chi connectivity index (χ2v) is 7.80. The maximum absolute atomic E-state index is 14.9. The lowest BCUT2D eigenvalue weighted by atomic mass is 10.0. The summed E-state index contributed by atoms with van der Waals surface area (Å²) < 4.78 is 31.2. The van der Waals surface area contributed by atoms with Gasteiger partial charge >= 0.3 is 0 Å². The average molecular weight is 455 g/mol. The SMILES string of the molecule is Cc1cc(-c2cc(C(N)=NC=N)c3nc(C)n(-c4ccnc5c(F)ccc(F)c45)c3c2)ccn1. The molecule has 7 nitrogen and oxygen atoms in total. The highest BCUT2D eigenvalue weighted by molar-refractivity contribution is 6.11. The van der Waals surface area contributed by atoms with Gasteiger partial charge in [-0.2, -0.15) is 0 Å². The molecule has 0 amide bonds. The van der Waals surface area contributed by atoms with Crippen LogP contribution in [0.1, 0.15) is 17.1 Å². The molecule has 0 aliphatic carbocycles. The molecule has 2 aromatic carbocycles. The fourth-order valence-electron chi connectivity index (χ4n) is 4.19. The van der Waals surface area contributed by atoms with Crippen LogP contribution < -0.4 is 5.73 Å². The first-order valence-electron chi connectivity index (χ1n) is 10.4. The zero-order chi connectivity index (χ0) is 24.0. The van der Waals surface area contributed by atoms with Gasteiger partial charge in [0.15, 0.2) is 0 Å². The number of hydrogen-bond acceptors (Lipinski definition) is 4. The van der Waals surface area contributed by atoms with Crippen LogP contribution in [-0.4, -0.2) is 31.7 Å². The van der Waals surface area contributed by atoms with Crippen LogP contribution in [0.25, 0.3) is 38.8 Å². The largest absolute Gasteiger partial charge is 0.383 e. The summed E-state index contributed by atoms with van der Waals surface area (Å²) in [7, 11) is 0. The Hall–Kier alpha value is -4.53. The van der Waals surface area contributed by atoms with E-state index in [4.69, 9.17) is 11.1 Å². The summed E-state index contributed by atoms with van der Waals surface area (Å²) in [6, 6.07) is 11.3. The zero-order valence-electron chi connectivity index (χ0n) is 18.3. The Bertz CT molecular complexity index is 1640. The number of imidazole rings is 1. The van der Waals surface area contributed by atoms with Crippen LogP contribution in [0.2, 0.25) is 0 Å². The van der Waals surface area contributed by atoms with Gasteiger partial charge in [0.1, 0.15) is 40.7 Å². The molecule has 0 saturated carbocycles. The quantitative estimate of drug-likeness (QED) is 0.299. The Kier molecular flexibility index (Phi) is 5.09. The van der Waals surface area contributed by atoms with Crippen molar-refractivity contribution in [1.82, 2.24) is 19.5 Å². The number of fused-ring (bicyclic) bond motifs is 2. The maximum Gasteiger partial charge on any atom is 0.149 e. The van der Waals surface area contributed by atoms with E-state index in [0.717, 1.165) is 35.3 Å². The lowest BCUT2D eigenvalue weighted by Gasteiger charge is -2.13. The molecule has 0 atom stereocenters. The van der Waals surface area contributed by atoms with Gasteiger partial charge < -0.3 is 5.73 Å². The number of aryl methyl sites for hydroxylation is 2. The van der Waals surface area contributed by atoms with E-state index in [1.165, 1.54) is 6.20 Å². The smallest absolute Gasteiger partial charge is 0.149 e. The molecular formula is C25H19F2N7. The molecule has 0 aliphatic rings. The predicted octanol–water partition coefficient (Wildman–Crippen LogP) is 4.84. The van der Waals surface area contributed by atoms with Gasteiger partial charge in [-0.1, -0.05) is 0 Å². The number of nitrogens with one attached hydrogen (secondary N) is 1. The van der Waals surface area contributed by atoms with E-state index in [9.17, 15) is 8.78 Å². The van der Waals surface area contributed by atoms with Crippen molar-refractivity contribution >= 4 is 34.1 Å². The first-order chi connectivity index (χ1) is 16.4. The fraction of sp³-hybridized carbons (Fsp3) is 0.0800. The molecule has 0 radical (unpaired) electrons. The number of aromatic nitrogens is 4. The molecule has 5 aromatic rings. The number of halogens is 2. The lowest BCUT2D eigenvalue weighted by Crippen LogP contribution is -2.14. The van der Waals surface area contributed by atoms with Crippen molar-refractivity contribution in [2.24, 2.45) is 10.7 Å². The van der Waals surface area contributed by atoms with Crippen molar-refractivity contribution in [3.63, 3.8) is 0 Å². The number of pyridine rings is 2. The van der Waals surface area contributed by atoms with Crippen molar-refractivity contribution in [3.8, 4) is 16.8 Å². The Morgan fingerprint density at radius 2 is 1.74 bits per heavy atom. The highest BCUT2D eigenvalue weighted by atomic mass is 19.1. The van der Waals surface area contributed by atoms with Crippen molar-refractivity contribution in [2.45, 2.75) is 13.8 Å². The number of amidine groups is 1. The molecule has 3 N–H and O–H groups in total. The van der Waals surface area contributed by atoms with Crippen LogP contribution in [0, 0.1) is 30.9 Å². The third-order valence-corrected chi connectivity index (χ3v) is 5.65. The van der Waals surface area contributed by atoms with E-state index in [-0.39, 0.29) is 16.7 Å². The highest BCUT2D eigenvalue weighted by Crippen LogP contribution is 2.33. The summed E-state index contributed by atoms with van der Waals surface area (Å²) in [5.41, 5.74) is 10.7. The molecule has 9 heteroatoms. The van der Waals surface area contributed by atoms with E-state index in [0.29, 0.717) is 28.1 Å². The second kappa shape index (κ2) is 8.11. The topological polar surface area (TPSA) is 106 Å². The van der Waals surface area contributed by atoms with Gasteiger partial charge in [0, 0.05) is 23.7 Å². The molecule has 0 unspecified atom stereocenters. The normalized spacial score (nSPS) is 11.9. The van der Waals surface area contributed by atoms with E-state index in [1.54, 1.807) is 23.8 Å². The summed E-state index contributed by atoms with van der Waals surface area (Å²) in [6.45, 7) is 3.66. The number of nitrogens with two attached hydrogens (primary N) is 1. The molecule has 0 spiro atoms. The van der Waals surface area contributed by atoms with Gasteiger partial charge in [0.05, 0.1) is 16.6 Å². The van der Waals surface area contributed by atoms with Crippen LogP contribution >= 0.6 is 0 Å². The third kappa shape index (κ3) is 3.38. The molecule has 168 valence electrons. The molecule has 34 heavy (non-hydrogen) atoms. The minimum absolute atomic E-state index is 0.0535. The minimum Gasteiger partial charge on any atom is -0.383 e. The molecule has 0 aliphatic heterocycles. The summed E-state index contributed by atoms with van der Waals surface area (Å²) in [5, 5.41) is 7.40. The Morgan fingerprint density at radius 3 is 2.50 bits per heavy atom. The van der Waals surface area contributed by atoms with Crippen LogP contribution in [0.5, 0.6) is 0 Å².